The van der Waals surface area contributed by atoms with E-state index in [1.165, 1.54) is 28.6 Å². The summed E-state index contributed by atoms with van der Waals surface area (Å²) in [7, 11) is -5.27. The second kappa shape index (κ2) is 6.66. The molecule has 1 unspecified atom stereocenters. The van der Waals surface area contributed by atoms with Crippen LogP contribution in [0.5, 0.6) is 0 Å². The molecule has 8 heteroatoms. The number of likely N-dealkylation sites (N-methyl/N-ethyl adjacent to an activating group) is 1. The van der Waals surface area contributed by atoms with Gasteiger partial charge in [-0.2, -0.15) is 4.31 Å². The highest BCUT2D eigenvalue weighted by atomic mass is 32.2. The number of hydrogen-bond donors (Lipinski definition) is 1. The average molecular weight is 346 g/mol. The summed E-state index contributed by atoms with van der Waals surface area (Å²) in [6.45, 7) is 2.41. The van der Waals surface area contributed by atoms with E-state index in [1.54, 1.807) is 6.92 Å². The van der Waals surface area contributed by atoms with Crippen molar-refractivity contribution < 1.29 is 16.8 Å². The van der Waals surface area contributed by atoms with Crippen molar-refractivity contribution in [2.24, 2.45) is 0 Å². The molecular formula is C14H22N2O4S2. The molecule has 1 aromatic carbocycles. The topological polar surface area (TPSA) is 83.5 Å². The fourth-order valence-corrected chi connectivity index (χ4v) is 5.11. The maximum atomic E-state index is 12.7. The minimum absolute atomic E-state index is 0.0405. The van der Waals surface area contributed by atoms with E-state index in [2.05, 4.69) is 5.32 Å². The van der Waals surface area contributed by atoms with Gasteiger partial charge in [-0.05, 0) is 38.1 Å². The minimum atomic E-state index is -3.67. The monoisotopic (exact) mass is 346 g/mol. The number of rotatable bonds is 5. The Morgan fingerprint density at radius 3 is 2.55 bits per heavy atom. The zero-order valence-electron chi connectivity index (χ0n) is 12.8. The van der Waals surface area contributed by atoms with Crippen LogP contribution in [0.1, 0.15) is 19.8 Å². The summed E-state index contributed by atoms with van der Waals surface area (Å²) in [5.74, 6) is -0.0535. The number of sulfonamides is 1. The van der Waals surface area contributed by atoms with E-state index in [9.17, 15) is 16.8 Å². The first-order valence-corrected chi connectivity index (χ1v) is 10.4. The molecule has 1 fully saturated rings. The number of hydrogen-bond acceptors (Lipinski definition) is 5. The molecule has 124 valence electrons. The van der Waals surface area contributed by atoms with Crippen molar-refractivity contribution >= 4 is 19.9 Å². The van der Waals surface area contributed by atoms with E-state index >= 15 is 0 Å². The van der Waals surface area contributed by atoms with Gasteiger partial charge in [0.1, 0.15) is 0 Å². The molecule has 0 radical (unpaired) electrons. The SMILES string of the molecule is CCS(=O)(=O)c1cccc(S(=O)(=O)N2CCCC(NC)C2)c1. The van der Waals surface area contributed by atoms with Crippen LogP contribution in [-0.2, 0) is 19.9 Å². The van der Waals surface area contributed by atoms with Gasteiger partial charge in [-0.3, -0.25) is 0 Å². The molecule has 0 amide bonds. The Balaban J connectivity index is 2.36. The molecular weight excluding hydrogens is 324 g/mol. The molecule has 1 atom stereocenters. The zero-order valence-corrected chi connectivity index (χ0v) is 14.5. The van der Waals surface area contributed by atoms with E-state index in [0.717, 1.165) is 12.8 Å². The van der Waals surface area contributed by atoms with Crippen molar-refractivity contribution in [2.75, 3.05) is 25.9 Å². The van der Waals surface area contributed by atoms with Gasteiger partial charge in [0.05, 0.1) is 15.5 Å². The van der Waals surface area contributed by atoms with Crippen LogP contribution in [-0.4, -0.2) is 53.1 Å². The van der Waals surface area contributed by atoms with Crippen molar-refractivity contribution in [1.82, 2.24) is 9.62 Å². The molecule has 0 aliphatic carbocycles. The Labute approximate surface area is 132 Å². The van der Waals surface area contributed by atoms with E-state index in [-0.39, 0.29) is 21.6 Å². The second-order valence-electron chi connectivity index (χ2n) is 5.37. The molecule has 1 heterocycles. The van der Waals surface area contributed by atoms with Gasteiger partial charge < -0.3 is 5.32 Å². The third-order valence-electron chi connectivity index (χ3n) is 3.97. The van der Waals surface area contributed by atoms with E-state index < -0.39 is 19.9 Å². The van der Waals surface area contributed by atoms with E-state index in [1.807, 2.05) is 7.05 Å². The first-order valence-electron chi connectivity index (χ1n) is 7.31. The number of piperidine rings is 1. The largest absolute Gasteiger partial charge is 0.316 e. The molecule has 1 aliphatic heterocycles. The number of benzene rings is 1. The molecule has 0 spiro atoms. The summed E-state index contributed by atoms with van der Waals surface area (Å²) in [5.41, 5.74) is 0. The summed E-state index contributed by atoms with van der Waals surface area (Å²) in [6.07, 6.45) is 1.73. The molecule has 1 saturated heterocycles. The van der Waals surface area contributed by atoms with Gasteiger partial charge in [-0.1, -0.05) is 13.0 Å². The Morgan fingerprint density at radius 1 is 1.23 bits per heavy atom. The van der Waals surface area contributed by atoms with E-state index in [4.69, 9.17) is 0 Å². The highest BCUT2D eigenvalue weighted by Gasteiger charge is 2.30. The summed E-state index contributed by atoms with van der Waals surface area (Å²) in [6, 6.07) is 5.76. The van der Waals surface area contributed by atoms with Gasteiger partial charge in [-0.25, -0.2) is 16.8 Å². The first-order chi connectivity index (χ1) is 10.3. The third kappa shape index (κ3) is 3.51. The highest BCUT2D eigenvalue weighted by molar-refractivity contribution is 7.91. The van der Waals surface area contributed by atoms with Crippen LogP contribution in [0.2, 0.25) is 0 Å². The summed E-state index contributed by atoms with van der Waals surface area (Å²) in [4.78, 5) is 0.0945. The fraction of sp³-hybridized carbons (Fsp3) is 0.571. The Hall–Kier alpha value is -0.960. The molecule has 0 saturated carbocycles. The van der Waals surface area contributed by atoms with Crippen molar-refractivity contribution in [2.45, 2.75) is 35.6 Å². The van der Waals surface area contributed by atoms with Crippen LogP contribution < -0.4 is 5.32 Å². The lowest BCUT2D eigenvalue weighted by Crippen LogP contribution is -2.46. The summed E-state index contributed by atoms with van der Waals surface area (Å²) >= 11 is 0. The highest BCUT2D eigenvalue weighted by Crippen LogP contribution is 2.23. The molecule has 22 heavy (non-hydrogen) atoms. The molecule has 0 aromatic heterocycles. The standard InChI is InChI=1S/C14H22N2O4S2/c1-3-21(17,18)13-7-4-8-14(10-13)22(19,20)16-9-5-6-12(11-16)15-2/h4,7-8,10,12,15H,3,5-6,9,11H2,1-2H3. The number of nitrogens with zero attached hydrogens (tertiary/aromatic N) is 1. The van der Waals surface area contributed by atoms with Gasteiger partial charge >= 0.3 is 0 Å². The number of sulfone groups is 1. The van der Waals surface area contributed by atoms with Gasteiger partial charge in [-0.15, -0.1) is 0 Å². The molecule has 6 nitrogen and oxygen atoms in total. The fourth-order valence-electron chi connectivity index (χ4n) is 2.54. The predicted octanol–water partition coefficient (Wildman–Crippen LogP) is 0.853. The number of nitrogens with one attached hydrogen (secondary N) is 1. The minimum Gasteiger partial charge on any atom is -0.316 e. The zero-order chi connectivity index (χ0) is 16.4. The first kappa shape index (κ1) is 17.4. The molecule has 1 aliphatic rings. The second-order valence-corrected chi connectivity index (χ2v) is 9.59. The van der Waals surface area contributed by atoms with Crippen LogP contribution in [0.3, 0.4) is 0 Å². The van der Waals surface area contributed by atoms with E-state index in [0.29, 0.717) is 13.1 Å². The smallest absolute Gasteiger partial charge is 0.243 e. The van der Waals surface area contributed by atoms with Crippen LogP contribution in [0.25, 0.3) is 0 Å². The average Bonchev–Trinajstić information content (AvgIpc) is 2.55. The summed E-state index contributed by atoms with van der Waals surface area (Å²) in [5, 5.41) is 3.10. The van der Waals surface area contributed by atoms with Crippen LogP contribution in [0.4, 0.5) is 0 Å². The van der Waals surface area contributed by atoms with Crippen LogP contribution >= 0.6 is 0 Å². The Bertz CT molecular complexity index is 729. The van der Waals surface area contributed by atoms with Crippen LogP contribution in [0, 0.1) is 0 Å². The third-order valence-corrected chi connectivity index (χ3v) is 7.57. The van der Waals surface area contributed by atoms with Gasteiger partial charge in [0, 0.05) is 19.1 Å². The molecule has 1 aromatic rings. The lowest BCUT2D eigenvalue weighted by atomic mass is 10.1. The van der Waals surface area contributed by atoms with Gasteiger partial charge in [0.25, 0.3) is 0 Å². The molecule has 2 rings (SSSR count). The summed E-state index contributed by atoms with van der Waals surface area (Å²) < 4.78 is 50.7. The van der Waals surface area contributed by atoms with Crippen molar-refractivity contribution in [3.05, 3.63) is 24.3 Å². The normalized spacial score (nSPS) is 20.9. The van der Waals surface area contributed by atoms with Gasteiger partial charge in [0.2, 0.25) is 10.0 Å². The van der Waals surface area contributed by atoms with Crippen molar-refractivity contribution in [3.63, 3.8) is 0 Å². The van der Waals surface area contributed by atoms with Crippen LogP contribution in [0.15, 0.2) is 34.1 Å². The Kier molecular flexibility index (Phi) is 5.26. The maximum Gasteiger partial charge on any atom is 0.243 e. The lowest BCUT2D eigenvalue weighted by Gasteiger charge is -2.31. The van der Waals surface area contributed by atoms with Crippen molar-refractivity contribution in [3.8, 4) is 0 Å². The van der Waals surface area contributed by atoms with Gasteiger partial charge in [0.15, 0.2) is 9.84 Å². The predicted molar refractivity (Wildman–Crippen MR) is 85.0 cm³/mol. The molecule has 0 bridgehead atoms. The molecule has 1 N–H and O–H groups in total. The quantitative estimate of drug-likeness (QED) is 0.855. The Morgan fingerprint density at radius 2 is 1.91 bits per heavy atom. The van der Waals surface area contributed by atoms with Crippen molar-refractivity contribution in [1.29, 1.82) is 0 Å². The lowest BCUT2D eigenvalue weighted by molar-refractivity contribution is 0.293. The maximum absolute atomic E-state index is 12.7.